The van der Waals surface area contributed by atoms with E-state index >= 15 is 0 Å². The summed E-state index contributed by atoms with van der Waals surface area (Å²) in [5.74, 6) is 0.864. The third kappa shape index (κ3) is 4.50. The maximum Gasteiger partial charge on any atom is 0.146 e. The summed E-state index contributed by atoms with van der Waals surface area (Å²) in [5, 5.41) is 0. The SMILES string of the molecule is COCOCCOc1ccccc1. The summed E-state index contributed by atoms with van der Waals surface area (Å²) in [6.45, 7) is 1.41. The molecule has 0 unspecified atom stereocenters. The predicted octanol–water partition coefficient (Wildman–Crippen LogP) is 1.69. The Bertz CT molecular complexity index is 211. The van der Waals surface area contributed by atoms with Crippen LogP contribution >= 0.6 is 0 Å². The number of rotatable bonds is 6. The molecule has 0 bridgehead atoms. The molecule has 0 heterocycles. The number of hydrogen-bond donors (Lipinski definition) is 0. The molecule has 3 heteroatoms. The first-order chi connectivity index (χ1) is 6.43. The molecule has 0 aliphatic heterocycles. The molecule has 0 saturated carbocycles. The van der Waals surface area contributed by atoms with Gasteiger partial charge in [0.15, 0.2) is 0 Å². The lowest BCUT2D eigenvalue weighted by atomic mass is 10.3. The van der Waals surface area contributed by atoms with Crippen molar-refractivity contribution in [2.45, 2.75) is 0 Å². The van der Waals surface area contributed by atoms with Crippen molar-refractivity contribution in [2.75, 3.05) is 27.1 Å². The molecular weight excluding hydrogens is 168 g/mol. The van der Waals surface area contributed by atoms with E-state index < -0.39 is 0 Å². The lowest BCUT2D eigenvalue weighted by Gasteiger charge is -2.05. The molecule has 1 rings (SSSR count). The Morgan fingerprint density at radius 3 is 2.54 bits per heavy atom. The van der Waals surface area contributed by atoms with Crippen molar-refractivity contribution in [1.29, 1.82) is 0 Å². The topological polar surface area (TPSA) is 27.7 Å². The lowest BCUT2D eigenvalue weighted by Crippen LogP contribution is -2.07. The molecule has 0 amide bonds. The fourth-order valence-electron chi connectivity index (χ4n) is 0.877. The van der Waals surface area contributed by atoms with Gasteiger partial charge in [0, 0.05) is 7.11 Å². The normalized spacial score (nSPS) is 9.92. The molecule has 1 aromatic rings. The maximum atomic E-state index is 5.37. The first kappa shape index (κ1) is 10.0. The highest BCUT2D eigenvalue weighted by molar-refractivity contribution is 5.20. The molecule has 1 aromatic carbocycles. The molecule has 13 heavy (non-hydrogen) atoms. The quantitative estimate of drug-likeness (QED) is 0.495. The van der Waals surface area contributed by atoms with Crippen LogP contribution in [0.5, 0.6) is 5.75 Å². The van der Waals surface area contributed by atoms with Gasteiger partial charge in [-0.3, -0.25) is 0 Å². The molecular formula is C10H14O3. The molecule has 72 valence electrons. The summed E-state index contributed by atoms with van der Waals surface area (Å²) in [4.78, 5) is 0. The Morgan fingerprint density at radius 1 is 1.08 bits per heavy atom. The number of para-hydroxylation sites is 1. The summed E-state index contributed by atoms with van der Waals surface area (Å²) < 4.78 is 15.1. The van der Waals surface area contributed by atoms with E-state index in [4.69, 9.17) is 14.2 Å². The van der Waals surface area contributed by atoms with Crippen LogP contribution in [0.3, 0.4) is 0 Å². The molecule has 0 aromatic heterocycles. The molecule has 0 atom stereocenters. The van der Waals surface area contributed by atoms with Gasteiger partial charge >= 0.3 is 0 Å². The Hall–Kier alpha value is -1.06. The smallest absolute Gasteiger partial charge is 0.146 e. The molecule has 0 saturated heterocycles. The van der Waals surface area contributed by atoms with E-state index in [1.54, 1.807) is 7.11 Å². The van der Waals surface area contributed by atoms with Gasteiger partial charge in [0.05, 0.1) is 6.61 Å². The predicted molar refractivity (Wildman–Crippen MR) is 49.8 cm³/mol. The Kier molecular flexibility index (Phi) is 4.98. The number of benzene rings is 1. The van der Waals surface area contributed by atoms with E-state index in [0.717, 1.165) is 5.75 Å². The highest BCUT2D eigenvalue weighted by Gasteiger charge is 1.90. The Labute approximate surface area is 78.2 Å². The van der Waals surface area contributed by atoms with E-state index in [2.05, 4.69) is 0 Å². The molecule has 3 nitrogen and oxygen atoms in total. The summed E-state index contributed by atoms with van der Waals surface area (Å²) >= 11 is 0. The van der Waals surface area contributed by atoms with Gasteiger partial charge in [0.1, 0.15) is 19.1 Å². The monoisotopic (exact) mass is 182 g/mol. The number of hydrogen-bond acceptors (Lipinski definition) is 3. The van der Waals surface area contributed by atoms with E-state index in [9.17, 15) is 0 Å². The molecule has 0 N–H and O–H groups in total. The minimum absolute atomic E-state index is 0.318. The van der Waals surface area contributed by atoms with Crippen LogP contribution in [0.1, 0.15) is 0 Å². The third-order valence-electron chi connectivity index (χ3n) is 1.44. The average molecular weight is 182 g/mol. The van der Waals surface area contributed by atoms with Crippen LogP contribution in [0.25, 0.3) is 0 Å². The second-order valence-electron chi connectivity index (χ2n) is 2.48. The Morgan fingerprint density at radius 2 is 1.85 bits per heavy atom. The van der Waals surface area contributed by atoms with Gasteiger partial charge < -0.3 is 14.2 Å². The van der Waals surface area contributed by atoms with Gasteiger partial charge in [0.25, 0.3) is 0 Å². The van der Waals surface area contributed by atoms with Crippen molar-refractivity contribution in [2.24, 2.45) is 0 Å². The first-order valence-corrected chi connectivity index (χ1v) is 4.18. The van der Waals surface area contributed by atoms with Crippen LogP contribution in [0.15, 0.2) is 30.3 Å². The highest BCUT2D eigenvalue weighted by Crippen LogP contribution is 2.07. The summed E-state index contributed by atoms with van der Waals surface area (Å²) in [6.07, 6.45) is 0. The van der Waals surface area contributed by atoms with Gasteiger partial charge in [-0.1, -0.05) is 18.2 Å². The van der Waals surface area contributed by atoms with E-state index in [1.807, 2.05) is 30.3 Å². The zero-order chi connectivity index (χ0) is 9.36. The summed E-state index contributed by atoms with van der Waals surface area (Å²) in [7, 11) is 1.60. The minimum atomic E-state index is 0.318. The lowest BCUT2D eigenvalue weighted by molar-refractivity contribution is -0.0387. The van der Waals surface area contributed by atoms with Crippen molar-refractivity contribution in [3.05, 3.63) is 30.3 Å². The van der Waals surface area contributed by atoms with E-state index in [1.165, 1.54) is 0 Å². The fourth-order valence-corrected chi connectivity index (χ4v) is 0.877. The van der Waals surface area contributed by atoms with Crippen LogP contribution < -0.4 is 4.74 Å². The molecule has 0 radical (unpaired) electrons. The zero-order valence-corrected chi connectivity index (χ0v) is 7.73. The fraction of sp³-hybridized carbons (Fsp3) is 0.400. The largest absolute Gasteiger partial charge is 0.491 e. The molecule has 0 aliphatic rings. The van der Waals surface area contributed by atoms with Crippen LogP contribution in [0.2, 0.25) is 0 Å². The maximum absolute atomic E-state index is 5.37. The minimum Gasteiger partial charge on any atom is -0.491 e. The third-order valence-corrected chi connectivity index (χ3v) is 1.44. The summed E-state index contributed by atoms with van der Waals surface area (Å²) in [5.41, 5.74) is 0. The summed E-state index contributed by atoms with van der Waals surface area (Å²) in [6, 6.07) is 9.65. The van der Waals surface area contributed by atoms with Gasteiger partial charge in [0.2, 0.25) is 0 Å². The van der Waals surface area contributed by atoms with Crippen molar-refractivity contribution in [3.8, 4) is 5.75 Å². The van der Waals surface area contributed by atoms with Crippen LogP contribution in [-0.4, -0.2) is 27.1 Å². The standard InChI is InChI=1S/C10H14O3/c1-11-9-12-7-8-13-10-5-3-2-4-6-10/h2-6H,7-9H2,1H3. The van der Waals surface area contributed by atoms with Crippen molar-refractivity contribution in [3.63, 3.8) is 0 Å². The average Bonchev–Trinajstić information content (AvgIpc) is 2.19. The van der Waals surface area contributed by atoms with Crippen molar-refractivity contribution in [1.82, 2.24) is 0 Å². The van der Waals surface area contributed by atoms with Crippen LogP contribution in [-0.2, 0) is 9.47 Å². The van der Waals surface area contributed by atoms with E-state index in [0.29, 0.717) is 20.0 Å². The van der Waals surface area contributed by atoms with Gasteiger partial charge in [-0.25, -0.2) is 0 Å². The molecule has 0 spiro atoms. The van der Waals surface area contributed by atoms with Crippen molar-refractivity contribution < 1.29 is 14.2 Å². The van der Waals surface area contributed by atoms with Crippen molar-refractivity contribution >= 4 is 0 Å². The Balaban J connectivity index is 2.07. The highest BCUT2D eigenvalue weighted by atomic mass is 16.7. The number of ether oxygens (including phenoxy) is 3. The molecule has 0 aliphatic carbocycles. The first-order valence-electron chi connectivity index (χ1n) is 4.18. The second-order valence-corrected chi connectivity index (χ2v) is 2.48. The zero-order valence-electron chi connectivity index (χ0n) is 7.73. The second kappa shape index (κ2) is 6.46. The molecule has 0 fully saturated rings. The van der Waals surface area contributed by atoms with E-state index in [-0.39, 0.29) is 0 Å². The van der Waals surface area contributed by atoms with Gasteiger partial charge in [-0.15, -0.1) is 0 Å². The van der Waals surface area contributed by atoms with Gasteiger partial charge in [-0.05, 0) is 12.1 Å². The number of methoxy groups -OCH3 is 1. The van der Waals surface area contributed by atoms with Gasteiger partial charge in [-0.2, -0.15) is 0 Å². The van der Waals surface area contributed by atoms with Crippen LogP contribution in [0, 0.1) is 0 Å². The van der Waals surface area contributed by atoms with Crippen LogP contribution in [0.4, 0.5) is 0 Å².